The topological polar surface area (TPSA) is 69.9 Å². The number of methoxy groups -OCH3 is 2. The molecule has 0 spiro atoms. The lowest BCUT2D eigenvalue weighted by Gasteiger charge is -2.05. The van der Waals surface area contributed by atoms with Crippen molar-refractivity contribution in [2.45, 2.75) is 6.54 Å². The summed E-state index contributed by atoms with van der Waals surface area (Å²) in [4.78, 5) is 28.8. The number of rotatable bonds is 5. The number of benzene rings is 2. The van der Waals surface area contributed by atoms with Crippen molar-refractivity contribution < 1.29 is 23.5 Å². The Morgan fingerprint density at radius 3 is 2.67 bits per heavy atom. The SMILES string of the molecule is COCCn1c(=NC(=O)c2cccc(F)c2)sc2cc(C(=O)OC)ccc21. The van der Waals surface area contributed by atoms with Crippen molar-refractivity contribution in [3.63, 3.8) is 0 Å². The minimum Gasteiger partial charge on any atom is -0.465 e. The van der Waals surface area contributed by atoms with Crippen molar-refractivity contribution >= 4 is 33.4 Å². The molecule has 1 heterocycles. The Bertz CT molecular complexity index is 1070. The zero-order valence-electron chi connectivity index (χ0n) is 14.8. The quantitative estimate of drug-likeness (QED) is 0.630. The summed E-state index contributed by atoms with van der Waals surface area (Å²) in [6.07, 6.45) is 0. The van der Waals surface area contributed by atoms with E-state index in [9.17, 15) is 14.0 Å². The standard InChI is InChI=1S/C19H17FN2O4S/c1-25-9-8-22-15-7-6-13(18(24)26-2)11-16(15)27-19(22)21-17(23)12-4-3-5-14(20)10-12/h3-7,10-11H,8-9H2,1-2H3. The van der Waals surface area contributed by atoms with Gasteiger partial charge >= 0.3 is 5.97 Å². The Kier molecular flexibility index (Phi) is 5.78. The summed E-state index contributed by atoms with van der Waals surface area (Å²) in [5.41, 5.74) is 1.39. The predicted molar refractivity (Wildman–Crippen MR) is 99.3 cm³/mol. The normalized spacial score (nSPS) is 11.7. The van der Waals surface area contributed by atoms with Crippen LogP contribution in [0.2, 0.25) is 0 Å². The van der Waals surface area contributed by atoms with Crippen molar-refractivity contribution in [1.82, 2.24) is 4.57 Å². The fourth-order valence-electron chi connectivity index (χ4n) is 2.57. The number of fused-ring (bicyclic) bond motifs is 1. The summed E-state index contributed by atoms with van der Waals surface area (Å²) in [5, 5.41) is 0. The van der Waals surface area contributed by atoms with E-state index < -0.39 is 17.7 Å². The van der Waals surface area contributed by atoms with Crippen LogP contribution in [0, 0.1) is 5.82 Å². The molecule has 0 N–H and O–H groups in total. The van der Waals surface area contributed by atoms with Gasteiger partial charge in [-0.05, 0) is 36.4 Å². The molecule has 3 rings (SSSR count). The van der Waals surface area contributed by atoms with Gasteiger partial charge in [0.25, 0.3) is 5.91 Å². The monoisotopic (exact) mass is 388 g/mol. The average molecular weight is 388 g/mol. The van der Waals surface area contributed by atoms with Crippen molar-refractivity contribution in [1.29, 1.82) is 0 Å². The second-order valence-electron chi connectivity index (χ2n) is 5.63. The van der Waals surface area contributed by atoms with E-state index in [-0.39, 0.29) is 5.56 Å². The van der Waals surface area contributed by atoms with E-state index in [4.69, 9.17) is 9.47 Å². The lowest BCUT2D eigenvalue weighted by Crippen LogP contribution is -2.19. The molecule has 0 atom stereocenters. The molecule has 1 aromatic heterocycles. The highest BCUT2D eigenvalue weighted by molar-refractivity contribution is 7.16. The van der Waals surface area contributed by atoms with Gasteiger partial charge in [0.15, 0.2) is 4.80 Å². The number of aromatic nitrogens is 1. The Morgan fingerprint density at radius 1 is 1.15 bits per heavy atom. The first kappa shape index (κ1) is 18.9. The van der Waals surface area contributed by atoms with Gasteiger partial charge in [0.2, 0.25) is 0 Å². The lowest BCUT2D eigenvalue weighted by atomic mass is 10.2. The lowest BCUT2D eigenvalue weighted by molar-refractivity contribution is 0.0600. The summed E-state index contributed by atoms with van der Waals surface area (Å²) in [7, 11) is 2.90. The number of nitrogens with zero attached hydrogens (tertiary/aromatic N) is 2. The molecule has 0 aliphatic rings. The number of amides is 1. The first-order valence-corrected chi connectivity index (χ1v) is 8.90. The molecule has 0 saturated heterocycles. The Morgan fingerprint density at radius 2 is 1.96 bits per heavy atom. The smallest absolute Gasteiger partial charge is 0.337 e. The Hall–Kier alpha value is -2.84. The predicted octanol–water partition coefficient (Wildman–Crippen LogP) is 3.02. The number of ether oxygens (including phenoxy) is 2. The molecule has 0 aliphatic heterocycles. The molecule has 0 fully saturated rings. The number of thiazole rings is 1. The van der Waals surface area contributed by atoms with Gasteiger partial charge in [0, 0.05) is 19.2 Å². The number of esters is 1. The molecule has 3 aromatic rings. The molecule has 2 aromatic carbocycles. The molecule has 0 saturated carbocycles. The molecule has 0 bridgehead atoms. The first-order valence-electron chi connectivity index (χ1n) is 8.08. The Labute approximate surface area is 158 Å². The van der Waals surface area contributed by atoms with Crippen LogP contribution in [0.25, 0.3) is 10.2 Å². The third-order valence-electron chi connectivity index (χ3n) is 3.89. The number of carbonyl (C=O) groups is 2. The van der Waals surface area contributed by atoms with Crippen LogP contribution in [0.5, 0.6) is 0 Å². The molecule has 6 nitrogen and oxygen atoms in total. The van der Waals surface area contributed by atoms with Crippen LogP contribution in [-0.4, -0.2) is 37.3 Å². The maximum atomic E-state index is 13.4. The summed E-state index contributed by atoms with van der Waals surface area (Å²) in [6.45, 7) is 0.898. The molecule has 0 unspecified atom stereocenters. The zero-order chi connectivity index (χ0) is 19.4. The third-order valence-corrected chi connectivity index (χ3v) is 4.93. The molecule has 8 heteroatoms. The number of hydrogen-bond acceptors (Lipinski definition) is 5. The van der Waals surface area contributed by atoms with E-state index in [1.807, 2.05) is 4.57 Å². The van der Waals surface area contributed by atoms with Crippen LogP contribution in [0.1, 0.15) is 20.7 Å². The van der Waals surface area contributed by atoms with Crippen molar-refractivity contribution in [2.75, 3.05) is 20.8 Å². The van der Waals surface area contributed by atoms with Crippen molar-refractivity contribution in [2.24, 2.45) is 4.99 Å². The van der Waals surface area contributed by atoms with Crippen LogP contribution in [0.3, 0.4) is 0 Å². The summed E-state index contributed by atoms with van der Waals surface area (Å²) < 4.78 is 25.9. The van der Waals surface area contributed by atoms with E-state index in [0.29, 0.717) is 23.5 Å². The fourth-order valence-corrected chi connectivity index (χ4v) is 3.67. The molecule has 0 radical (unpaired) electrons. The highest BCUT2D eigenvalue weighted by Crippen LogP contribution is 2.20. The molecule has 1 amide bonds. The highest BCUT2D eigenvalue weighted by Gasteiger charge is 2.13. The third kappa shape index (κ3) is 4.12. The van der Waals surface area contributed by atoms with Gasteiger partial charge in [-0.25, -0.2) is 9.18 Å². The first-order chi connectivity index (χ1) is 13.0. The molecular weight excluding hydrogens is 371 g/mol. The fraction of sp³-hybridized carbons (Fsp3) is 0.211. The second kappa shape index (κ2) is 8.24. The zero-order valence-corrected chi connectivity index (χ0v) is 15.6. The molecular formula is C19H17FN2O4S. The van der Waals surface area contributed by atoms with Gasteiger partial charge in [-0.2, -0.15) is 4.99 Å². The molecule has 140 valence electrons. The van der Waals surface area contributed by atoms with Crippen LogP contribution in [0.4, 0.5) is 4.39 Å². The van der Waals surface area contributed by atoms with Gasteiger partial charge in [0.05, 0.1) is 29.5 Å². The summed E-state index contributed by atoms with van der Waals surface area (Å²) in [5.74, 6) is -1.48. The van der Waals surface area contributed by atoms with Crippen LogP contribution in [0.15, 0.2) is 47.5 Å². The van der Waals surface area contributed by atoms with Gasteiger partial charge in [-0.15, -0.1) is 0 Å². The van der Waals surface area contributed by atoms with Crippen LogP contribution >= 0.6 is 11.3 Å². The number of carbonyl (C=O) groups excluding carboxylic acids is 2. The maximum absolute atomic E-state index is 13.4. The van der Waals surface area contributed by atoms with Crippen LogP contribution in [-0.2, 0) is 16.0 Å². The average Bonchev–Trinajstić information content (AvgIpc) is 3.01. The summed E-state index contributed by atoms with van der Waals surface area (Å²) in [6, 6.07) is 10.5. The van der Waals surface area contributed by atoms with Gasteiger partial charge in [-0.3, -0.25) is 4.79 Å². The Balaban J connectivity index is 2.11. The number of halogens is 1. The minimum atomic E-state index is -0.541. The number of hydrogen-bond donors (Lipinski definition) is 0. The van der Waals surface area contributed by atoms with E-state index in [0.717, 1.165) is 16.3 Å². The second-order valence-corrected chi connectivity index (χ2v) is 6.64. The summed E-state index contributed by atoms with van der Waals surface area (Å²) >= 11 is 1.26. The van der Waals surface area contributed by atoms with Crippen molar-refractivity contribution in [3.8, 4) is 0 Å². The van der Waals surface area contributed by atoms with E-state index in [1.54, 1.807) is 25.3 Å². The largest absolute Gasteiger partial charge is 0.465 e. The van der Waals surface area contributed by atoms with Crippen molar-refractivity contribution in [3.05, 3.63) is 64.2 Å². The van der Waals surface area contributed by atoms with Gasteiger partial charge in [0.1, 0.15) is 5.82 Å². The van der Waals surface area contributed by atoms with E-state index in [2.05, 4.69) is 4.99 Å². The highest BCUT2D eigenvalue weighted by atomic mass is 32.1. The van der Waals surface area contributed by atoms with Gasteiger partial charge < -0.3 is 14.0 Å². The molecule has 0 aliphatic carbocycles. The minimum absolute atomic E-state index is 0.168. The van der Waals surface area contributed by atoms with Crippen LogP contribution < -0.4 is 4.80 Å². The van der Waals surface area contributed by atoms with E-state index in [1.165, 1.54) is 36.6 Å². The van der Waals surface area contributed by atoms with E-state index >= 15 is 0 Å². The molecule has 27 heavy (non-hydrogen) atoms. The maximum Gasteiger partial charge on any atom is 0.337 e. The van der Waals surface area contributed by atoms with Gasteiger partial charge in [-0.1, -0.05) is 17.4 Å².